The molecule has 19 heavy (non-hydrogen) atoms. The summed E-state index contributed by atoms with van der Waals surface area (Å²) in [7, 11) is 2.12. The van der Waals surface area contributed by atoms with E-state index in [0.29, 0.717) is 17.4 Å². The van der Waals surface area contributed by atoms with E-state index >= 15 is 0 Å². The molecule has 104 valence electrons. The average Bonchev–Trinajstić information content (AvgIpc) is 2.42. The number of alkyl halides is 1. The molecule has 1 fully saturated rings. The molecule has 1 amide bonds. The van der Waals surface area contributed by atoms with Crippen molar-refractivity contribution in [1.82, 2.24) is 10.2 Å². The van der Waals surface area contributed by atoms with E-state index in [9.17, 15) is 4.79 Å². The Bertz CT molecular complexity index is 432. The van der Waals surface area contributed by atoms with Crippen molar-refractivity contribution in [3.63, 3.8) is 0 Å². The van der Waals surface area contributed by atoms with Crippen molar-refractivity contribution >= 4 is 17.5 Å². The Morgan fingerprint density at radius 2 is 2.11 bits per heavy atom. The molecular formula is C15H21ClN2O. The van der Waals surface area contributed by atoms with Crippen molar-refractivity contribution in [3.8, 4) is 0 Å². The van der Waals surface area contributed by atoms with Gasteiger partial charge in [0.05, 0.1) is 0 Å². The largest absolute Gasteiger partial charge is 0.349 e. The summed E-state index contributed by atoms with van der Waals surface area (Å²) in [5.74, 6) is 0.987. The summed E-state index contributed by atoms with van der Waals surface area (Å²) in [5.41, 5.74) is 1.74. The lowest BCUT2D eigenvalue weighted by Gasteiger charge is -2.35. The Morgan fingerprint density at radius 1 is 1.42 bits per heavy atom. The van der Waals surface area contributed by atoms with E-state index in [2.05, 4.69) is 24.2 Å². The minimum Gasteiger partial charge on any atom is -0.349 e. The second-order valence-electron chi connectivity index (χ2n) is 5.44. The topological polar surface area (TPSA) is 32.3 Å². The fraction of sp³-hybridized carbons (Fsp3) is 0.533. The molecule has 3 nitrogen and oxygen atoms in total. The molecule has 0 aliphatic carbocycles. The maximum Gasteiger partial charge on any atom is 0.251 e. The molecule has 0 bridgehead atoms. The highest BCUT2D eigenvalue weighted by molar-refractivity contribution is 6.17. The van der Waals surface area contributed by atoms with Gasteiger partial charge in [-0.25, -0.2) is 0 Å². The number of nitrogens with one attached hydrogen (secondary N) is 1. The van der Waals surface area contributed by atoms with Gasteiger partial charge in [-0.05, 0) is 43.6 Å². The van der Waals surface area contributed by atoms with Crippen LogP contribution >= 0.6 is 11.6 Å². The molecule has 1 aromatic rings. The summed E-state index contributed by atoms with van der Waals surface area (Å²) in [5, 5.41) is 3.14. The van der Waals surface area contributed by atoms with E-state index < -0.39 is 0 Å². The van der Waals surface area contributed by atoms with Crippen molar-refractivity contribution in [3.05, 3.63) is 35.4 Å². The van der Waals surface area contributed by atoms with E-state index in [1.165, 1.54) is 0 Å². The fourth-order valence-electron chi connectivity index (χ4n) is 2.57. The lowest BCUT2D eigenvalue weighted by atomic mass is 9.94. The number of nitrogens with zero attached hydrogens (tertiary/aromatic N) is 1. The minimum absolute atomic E-state index is 0.0162. The Morgan fingerprint density at radius 3 is 2.68 bits per heavy atom. The molecule has 0 radical (unpaired) electrons. The van der Waals surface area contributed by atoms with Crippen LogP contribution in [0.3, 0.4) is 0 Å². The zero-order chi connectivity index (χ0) is 13.8. The van der Waals surface area contributed by atoms with Crippen molar-refractivity contribution < 1.29 is 4.79 Å². The second kappa shape index (κ2) is 6.40. The minimum atomic E-state index is 0.0162. The van der Waals surface area contributed by atoms with E-state index in [4.69, 9.17) is 11.6 Å². The van der Waals surface area contributed by atoms with Crippen LogP contribution in [0, 0.1) is 5.92 Å². The third kappa shape index (κ3) is 3.71. The van der Waals surface area contributed by atoms with Gasteiger partial charge in [0.15, 0.2) is 0 Å². The van der Waals surface area contributed by atoms with Crippen molar-refractivity contribution in [2.45, 2.75) is 25.3 Å². The third-order valence-corrected chi connectivity index (χ3v) is 4.10. The summed E-state index contributed by atoms with van der Waals surface area (Å²) in [6.45, 7) is 4.27. The Balaban J connectivity index is 1.96. The molecule has 0 saturated carbocycles. The van der Waals surface area contributed by atoms with Gasteiger partial charge < -0.3 is 10.2 Å². The predicted molar refractivity (Wildman–Crippen MR) is 78.5 cm³/mol. The molecule has 0 aromatic heterocycles. The number of piperidine rings is 1. The first-order valence-corrected chi connectivity index (χ1v) is 7.28. The van der Waals surface area contributed by atoms with Crippen LogP contribution in [0.1, 0.15) is 29.3 Å². The van der Waals surface area contributed by atoms with Gasteiger partial charge in [0.1, 0.15) is 0 Å². The molecule has 1 aromatic carbocycles. The Kier molecular flexibility index (Phi) is 4.83. The van der Waals surface area contributed by atoms with Gasteiger partial charge >= 0.3 is 0 Å². The fourth-order valence-corrected chi connectivity index (χ4v) is 2.74. The second-order valence-corrected chi connectivity index (χ2v) is 5.71. The van der Waals surface area contributed by atoms with E-state index in [1.807, 2.05) is 24.3 Å². The summed E-state index contributed by atoms with van der Waals surface area (Å²) in [6, 6.07) is 7.76. The van der Waals surface area contributed by atoms with E-state index in [-0.39, 0.29) is 11.9 Å². The SMILES string of the molecule is CC1CN(C)CCC1NC(=O)c1ccc(CCl)cc1. The number of likely N-dealkylation sites (tertiary alicyclic amines) is 1. The lowest BCUT2D eigenvalue weighted by Crippen LogP contribution is -2.48. The molecule has 1 heterocycles. The monoisotopic (exact) mass is 280 g/mol. The molecule has 2 unspecified atom stereocenters. The number of rotatable bonds is 3. The Labute approximate surface area is 119 Å². The molecule has 1 N–H and O–H groups in total. The number of carbonyl (C=O) groups excluding carboxylic acids is 1. The third-order valence-electron chi connectivity index (χ3n) is 3.80. The smallest absolute Gasteiger partial charge is 0.251 e. The highest BCUT2D eigenvalue weighted by Gasteiger charge is 2.25. The molecular weight excluding hydrogens is 260 g/mol. The summed E-state index contributed by atoms with van der Waals surface area (Å²) < 4.78 is 0. The highest BCUT2D eigenvalue weighted by Crippen LogP contribution is 2.16. The van der Waals surface area contributed by atoms with Crippen molar-refractivity contribution in [2.75, 3.05) is 20.1 Å². The summed E-state index contributed by atoms with van der Waals surface area (Å²) in [4.78, 5) is 14.5. The number of halogens is 1. The van der Waals surface area contributed by atoms with Crippen LogP contribution in [0.25, 0.3) is 0 Å². The number of amides is 1. The van der Waals surface area contributed by atoms with Crippen LogP contribution in [-0.2, 0) is 5.88 Å². The molecule has 1 aliphatic heterocycles. The van der Waals surface area contributed by atoms with Gasteiger partial charge in [-0.1, -0.05) is 19.1 Å². The molecule has 2 atom stereocenters. The van der Waals surface area contributed by atoms with Crippen LogP contribution in [0.2, 0.25) is 0 Å². The highest BCUT2D eigenvalue weighted by atomic mass is 35.5. The molecule has 1 aliphatic rings. The van der Waals surface area contributed by atoms with Crippen LogP contribution in [0.4, 0.5) is 0 Å². The van der Waals surface area contributed by atoms with Crippen LogP contribution < -0.4 is 5.32 Å². The zero-order valence-corrected chi connectivity index (χ0v) is 12.3. The Hall–Kier alpha value is -1.06. The average molecular weight is 281 g/mol. The maximum atomic E-state index is 12.2. The lowest BCUT2D eigenvalue weighted by molar-refractivity contribution is 0.0884. The van der Waals surface area contributed by atoms with Crippen LogP contribution in [0.5, 0.6) is 0 Å². The molecule has 4 heteroatoms. The summed E-state index contributed by atoms with van der Waals surface area (Å²) >= 11 is 5.74. The van der Waals surface area contributed by atoms with Crippen molar-refractivity contribution in [1.29, 1.82) is 0 Å². The summed E-state index contributed by atoms with van der Waals surface area (Å²) in [6.07, 6.45) is 1.02. The molecule has 0 spiro atoms. The first kappa shape index (κ1) is 14.4. The zero-order valence-electron chi connectivity index (χ0n) is 11.5. The number of benzene rings is 1. The first-order valence-electron chi connectivity index (χ1n) is 6.74. The first-order chi connectivity index (χ1) is 9.10. The normalized spacial score (nSPS) is 24.2. The van der Waals surface area contributed by atoms with Gasteiger partial charge in [-0.15, -0.1) is 11.6 Å². The van der Waals surface area contributed by atoms with Gasteiger partial charge in [0.2, 0.25) is 0 Å². The van der Waals surface area contributed by atoms with E-state index in [1.54, 1.807) is 0 Å². The standard InChI is InChI=1S/C15H21ClN2O/c1-11-10-18(2)8-7-14(11)17-15(19)13-5-3-12(9-16)4-6-13/h3-6,11,14H,7-10H2,1-2H3,(H,17,19). The van der Waals surface area contributed by atoms with Gasteiger partial charge in [-0.2, -0.15) is 0 Å². The van der Waals surface area contributed by atoms with Gasteiger partial charge in [-0.3, -0.25) is 4.79 Å². The van der Waals surface area contributed by atoms with Gasteiger partial charge in [0.25, 0.3) is 5.91 Å². The number of hydrogen-bond donors (Lipinski definition) is 1. The maximum absolute atomic E-state index is 12.2. The molecule has 1 saturated heterocycles. The van der Waals surface area contributed by atoms with Crippen LogP contribution in [0.15, 0.2) is 24.3 Å². The predicted octanol–water partition coefficient (Wildman–Crippen LogP) is 2.50. The molecule has 2 rings (SSSR count). The number of hydrogen-bond acceptors (Lipinski definition) is 2. The van der Waals surface area contributed by atoms with Crippen molar-refractivity contribution in [2.24, 2.45) is 5.92 Å². The van der Waals surface area contributed by atoms with E-state index in [0.717, 1.165) is 25.1 Å². The van der Waals surface area contributed by atoms with Gasteiger partial charge in [0, 0.05) is 24.0 Å². The number of carbonyl (C=O) groups is 1. The van der Waals surface area contributed by atoms with Crippen LogP contribution in [-0.4, -0.2) is 37.0 Å². The quantitative estimate of drug-likeness (QED) is 0.863.